The van der Waals surface area contributed by atoms with Crippen LogP contribution in [0.1, 0.15) is 0 Å². The molecule has 1 saturated heterocycles. The van der Waals surface area contributed by atoms with E-state index in [1.807, 2.05) is 30.3 Å². The minimum atomic E-state index is -0.211. The molecule has 3 aromatic rings. The number of carbonyl (C=O) groups is 1. The third kappa shape index (κ3) is 4.97. The number of nitrogen functional groups attached to an aromatic ring is 1. The van der Waals surface area contributed by atoms with Crippen molar-refractivity contribution in [2.24, 2.45) is 0 Å². The molecule has 0 radical (unpaired) electrons. The average Bonchev–Trinajstić information content (AvgIpc) is 3.08. The lowest BCUT2D eigenvalue weighted by Crippen LogP contribution is -2.44. The zero-order valence-corrected chi connectivity index (χ0v) is 17.4. The summed E-state index contributed by atoms with van der Waals surface area (Å²) in [5.74, 6) is 0. The topological polar surface area (TPSA) is 83.7 Å². The number of halogens is 1. The summed E-state index contributed by atoms with van der Waals surface area (Å²) >= 11 is 7.47. The summed E-state index contributed by atoms with van der Waals surface area (Å²) in [6.45, 7) is 4.49. The Labute approximate surface area is 178 Å². The predicted molar refractivity (Wildman–Crippen MR) is 119 cm³/mol. The Morgan fingerprint density at radius 2 is 2.10 bits per heavy atom. The molecule has 0 atom stereocenters. The molecule has 1 aliphatic heterocycles. The Balaban J connectivity index is 1.57. The zero-order valence-electron chi connectivity index (χ0n) is 15.8. The monoisotopic (exact) mass is 431 g/mol. The maximum Gasteiger partial charge on any atom is 0.326 e. The number of aromatic nitrogens is 1. The van der Waals surface area contributed by atoms with Crippen LogP contribution < -0.4 is 16.0 Å². The maximum atomic E-state index is 13.1. The lowest BCUT2D eigenvalue weighted by molar-refractivity contribution is 0.0393. The summed E-state index contributed by atoms with van der Waals surface area (Å²) in [4.78, 5) is 21.5. The summed E-state index contributed by atoms with van der Waals surface area (Å²) in [5, 5.41) is 4.03. The highest BCUT2D eigenvalue weighted by Gasteiger charge is 2.19. The molecule has 9 heteroatoms. The number of rotatable bonds is 5. The molecule has 2 heterocycles. The van der Waals surface area contributed by atoms with Crippen molar-refractivity contribution in [3.05, 3.63) is 47.5 Å². The van der Waals surface area contributed by atoms with E-state index in [0.29, 0.717) is 22.4 Å². The molecule has 29 heavy (non-hydrogen) atoms. The second-order valence-corrected chi connectivity index (χ2v) is 8.25. The first-order valence-electron chi connectivity index (χ1n) is 9.39. The Morgan fingerprint density at radius 1 is 1.28 bits per heavy atom. The molecule has 4 rings (SSSR count). The molecule has 1 fully saturated rings. The van der Waals surface area contributed by atoms with E-state index in [9.17, 15) is 4.79 Å². The molecular formula is C20H22ClN5O2S. The highest BCUT2D eigenvalue weighted by Crippen LogP contribution is 2.28. The van der Waals surface area contributed by atoms with E-state index in [4.69, 9.17) is 22.1 Å². The SMILES string of the molecule is Nc1nc2ccc(N(CCN3CCOCC3)C(=O)Nc3cccc(Cl)c3)cc2s1. The van der Waals surface area contributed by atoms with Crippen LogP contribution in [0.2, 0.25) is 5.02 Å². The van der Waals surface area contributed by atoms with E-state index in [1.165, 1.54) is 11.3 Å². The number of urea groups is 1. The standard InChI is InChI=1S/C20H22ClN5O2S/c21-14-2-1-3-15(12-14)23-20(27)26(7-6-25-8-10-28-11-9-25)16-4-5-17-18(13-16)29-19(22)24-17/h1-5,12-13H,6-11H2,(H2,22,24)(H,23,27). The minimum Gasteiger partial charge on any atom is -0.379 e. The molecule has 3 N–H and O–H groups in total. The van der Waals surface area contributed by atoms with Gasteiger partial charge in [-0.25, -0.2) is 9.78 Å². The number of fused-ring (bicyclic) bond motifs is 1. The molecule has 0 bridgehead atoms. The van der Waals surface area contributed by atoms with Gasteiger partial charge in [0.05, 0.1) is 23.4 Å². The molecule has 0 spiro atoms. The summed E-state index contributed by atoms with van der Waals surface area (Å²) in [6, 6.07) is 12.7. The van der Waals surface area contributed by atoms with E-state index >= 15 is 0 Å². The first-order chi connectivity index (χ1) is 14.1. The van der Waals surface area contributed by atoms with Crippen molar-refractivity contribution in [3.8, 4) is 0 Å². The van der Waals surface area contributed by atoms with E-state index in [2.05, 4.69) is 15.2 Å². The van der Waals surface area contributed by atoms with Crippen molar-refractivity contribution in [2.75, 3.05) is 55.3 Å². The third-order valence-corrected chi connectivity index (χ3v) is 5.85. The first kappa shape index (κ1) is 19.9. The van der Waals surface area contributed by atoms with Crippen LogP contribution in [0.25, 0.3) is 10.2 Å². The Bertz CT molecular complexity index is 1010. The molecule has 0 saturated carbocycles. The first-order valence-corrected chi connectivity index (χ1v) is 10.6. The van der Waals surface area contributed by atoms with Crippen LogP contribution in [0.3, 0.4) is 0 Å². The van der Waals surface area contributed by atoms with Crippen molar-refractivity contribution in [3.63, 3.8) is 0 Å². The number of thiazole rings is 1. The molecule has 152 valence electrons. The molecular weight excluding hydrogens is 410 g/mol. The molecule has 1 aliphatic rings. The molecule has 7 nitrogen and oxygen atoms in total. The molecule has 0 aliphatic carbocycles. The number of morpholine rings is 1. The summed E-state index contributed by atoms with van der Waals surface area (Å²) in [6.07, 6.45) is 0. The number of nitrogens with zero attached hydrogens (tertiary/aromatic N) is 3. The summed E-state index contributed by atoms with van der Waals surface area (Å²) in [7, 11) is 0. The number of hydrogen-bond acceptors (Lipinski definition) is 6. The number of carbonyl (C=O) groups excluding carboxylic acids is 1. The van der Waals surface area contributed by atoms with Crippen molar-refractivity contribution in [1.29, 1.82) is 0 Å². The van der Waals surface area contributed by atoms with Crippen LogP contribution in [0.15, 0.2) is 42.5 Å². The quantitative estimate of drug-likeness (QED) is 0.640. The van der Waals surface area contributed by atoms with E-state index < -0.39 is 0 Å². The van der Waals surface area contributed by atoms with Gasteiger partial charge in [-0.1, -0.05) is 29.0 Å². The normalized spacial score (nSPS) is 14.8. The van der Waals surface area contributed by atoms with Crippen LogP contribution in [0, 0.1) is 0 Å². The fourth-order valence-corrected chi connectivity index (χ4v) is 4.23. The van der Waals surface area contributed by atoms with Gasteiger partial charge < -0.3 is 15.8 Å². The van der Waals surface area contributed by atoms with E-state index in [0.717, 1.165) is 48.8 Å². The van der Waals surface area contributed by atoms with Gasteiger partial charge in [-0.2, -0.15) is 0 Å². The van der Waals surface area contributed by atoms with Gasteiger partial charge in [0.15, 0.2) is 5.13 Å². The van der Waals surface area contributed by atoms with Gasteiger partial charge in [-0.3, -0.25) is 9.80 Å². The Hall–Kier alpha value is -2.39. The number of hydrogen-bond donors (Lipinski definition) is 2. The van der Waals surface area contributed by atoms with Gasteiger partial charge in [0.2, 0.25) is 0 Å². The zero-order chi connectivity index (χ0) is 20.2. The Morgan fingerprint density at radius 3 is 2.90 bits per heavy atom. The second-order valence-electron chi connectivity index (χ2n) is 6.75. The number of ether oxygens (including phenoxy) is 1. The highest BCUT2D eigenvalue weighted by molar-refractivity contribution is 7.22. The van der Waals surface area contributed by atoms with Gasteiger partial charge in [0.25, 0.3) is 0 Å². The fourth-order valence-electron chi connectivity index (χ4n) is 3.27. The largest absolute Gasteiger partial charge is 0.379 e. The number of nitrogens with one attached hydrogen (secondary N) is 1. The molecule has 2 amide bonds. The predicted octanol–water partition coefficient (Wildman–Crippen LogP) is 3.90. The van der Waals surface area contributed by atoms with Crippen LogP contribution in [0.5, 0.6) is 0 Å². The van der Waals surface area contributed by atoms with Gasteiger partial charge in [0.1, 0.15) is 0 Å². The van der Waals surface area contributed by atoms with Gasteiger partial charge in [-0.05, 0) is 36.4 Å². The van der Waals surface area contributed by atoms with Crippen molar-refractivity contribution < 1.29 is 9.53 Å². The van der Waals surface area contributed by atoms with E-state index in [-0.39, 0.29) is 6.03 Å². The minimum absolute atomic E-state index is 0.211. The van der Waals surface area contributed by atoms with Crippen LogP contribution in [0.4, 0.5) is 21.3 Å². The van der Waals surface area contributed by atoms with E-state index in [1.54, 1.807) is 17.0 Å². The number of nitrogens with two attached hydrogens (primary N) is 1. The van der Waals surface area contributed by atoms with Gasteiger partial charge in [0, 0.05) is 42.6 Å². The third-order valence-electron chi connectivity index (χ3n) is 4.76. The maximum absolute atomic E-state index is 13.1. The smallest absolute Gasteiger partial charge is 0.326 e. The number of benzene rings is 2. The van der Waals surface area contributed by atoms with Crippen LogP contribution in [-0.4, -0.2) is 55.3 Å². The van der Waals surface area contributed by atoms with Gasteiger partial charge >= 0.3 is 6.03 Å². The lowest BCUT2D eigenvalue weighted by atomic mass is 10.2. The fraction of sp³-hybridized carbons (Fsp3) is 0.300. The number of anilines is 3. The van der Waals surface area contributed by atoms with Crippen molar-refractivity contribution in [1.82, 2.24) is 9.88 Å². The second kappa shape index (κ2) is 8.96. The van der Waals surface area contributed by atoms with Crippen LogP contribution in [-0.2, 0) is 4.74 Å². The van der Waals surface area contributed by atoms with Crippen LogP contribution >= 0.6 is 22.9 Å². The average molecular weight is 432 g/mol. The Kier molecular flexibility index (Phi) is 6.15. The summed E-state index contributed by atoms with van der Waals surface area (Å²) < 4.78 is 6.37. The van der Waals surface area contributed by atoms with Crippen molar-refractivity contribution >= 4 is 55.7 Å². The molecule has 0 unspecified atom stereocenters. The number of amides is 2. The molecule has 1 aromatic heterocycles. The molecule has 2 aromatic carbocycles. The van der Waals surface area contributed by atoms with Crippen molar-refractivity contribution in [2.45, 2.75) is 0 Å². The van der Waals surface area contributed by atoms with Gasteiger partial charge in [-0.15, -0.1) is 0 Å². The lowest BCUT2D eigenvalue weighted by Gasteiger charge is -2.30. The highest BCUT2D eigenvalue weighted by atomic mass is 35.5. The summed E-state index contributed by atoms with van der Waals surface area (Å²) in [5.41, 5.74) is 8.12.